The van der Waals surface area contributed by atoms with E-state index in [9.17, 15) is 14.0 Å². The molecule has 0 spiro atoms. The number of hydrazine groups is 1. The highest BCUT2D eigenvalue weighted by Crippen LogP contribution is 2.21. The summed E-state index contributed by atoms with van der Waals surface area (Å²) < 4.78 is 20.5. The van der Waals surface area contributed by atoms with E-state index in [2.05, 4.69) is 21.0 Å². The number of hydrogen-bond acceptors (Lipinski definition) is 6. The van der Waals surface area contributed by atoms with Gasteiger partial charge in [-0.15, -0.1) is 11.8 Å². The zero-order valence-corrected chi connectivity index (χ0v) is 19.6. The van der Waals surface area contributed by atoms with Gasteiger partial charge in [0.2, 0.25) is 11.8 Å². The molecule has 2 aromatic carbocycles. The Morgan fingerprint density at radius 1 is 1.09 bits per heavy atom. The van der Waals surface area contributed by atoms with Crippen LogP contribution in [0.5, 0.6) is 5.75 Å². The number of thioether (sulfide) groups is 1. The van der Waals surface area contributed by atoms with Gasteiger partial charge >= 0.3 is 0 Å². The molecule has 1 aromatic heterocycles. The number of hydrogen-bond donors (Lipinski definition) is 3. The summed E-state index contributed by atoms with van der Waals surface area (Å²) in [6.45, 7) is 2.79. The maximum absolute atomic E-state index is 12.9. The highest BCUT2D eigenvalue weighted by Gasteiger charge is 2.12. The lowest BCUT2D eigenvalue weighted by Crippen LogP contribution is -2.42. The van der Waals surface area contributed by atoms with Crippen LogP contribution in [0.25, 0.3) is 11.4 Å². The molecule has 2 amide bonds. The molecule has 0 atom stereocenters. The average molecular weight is 490 g/mol. The van der Waals surface area contributed by atoms with Gasteiger partial charge in [-0.05, 0) is 67.7 Å². The minimum absolute atomic E-state index is 0.0997. The third-order valence-electron chi connectivity index (χ3n) is 4.50. The molecule has 174 valence electrons. The summed E-state index contributed by atoms with van der Waals surface area (Å²) in [5, 5.41) is 7.01. The number of benzene rings is 2. The van der Waals surface area contributed by atoms with Crippen LogP contribution in [0, 0.1) is 10.6 Å². The average Bonchev–Trinajstić information content (AvgIpc) is 3.18. The number of ether oxygens (including phenoxy) is 1. The molecule has 0 saturated carbocycles. The first-order valence-electron chi connectivity index (χ1n) is 10.3. The van der Waals surface area contributed by atoms with Gasteiger partial charge in [-0.3, -0.25) is 30.1 Å². The van der Waals surface area contributed by atoms with Crippen molar-refractivity contribution in [3.63, 3.8) is 0 Å². The Morgan fingerprint density at radius 2 is 1.76 bits per heavy atom. The van der Waals surface area contributed by atoms with Gasteiger partial charge in [-0.25, -0.2) is 4.39 Å². The maximum atomic E-state index is 12.9. The van der Waals surface area contributed by atoms with Crippen molar-refractivity contribution in [1.82, 2.24) is 25.6 Å². The number of nitrogens with one attached hydrogen (secondary N) is 3. The zero-order valence-electron chi connectivity index (χ0n) is 18.0. The Kier molecular flexibility index (Phi) is 9.02. The van der Waals surface area contributed by atoms with E-state index in [1.54, 1.807) is 16.7 Å². The second-order valence-electron chi connectivity index (χ2n) is 6.86. The van der Waals surface area contributed by atoms with Crippen molar-refractivity contribution in [1.29, 1.82) is 0 Å². The van der Waals surface area contributed by atoms with Gasteiger partial charge in [-0.1, -0.05) is 0 Å². The highest BCUT2D eigenvalue weighted by atomic mass is 32.2. The fourth-order valence-electron chi connectivity index (χ4n) is 2.88. The van der Waals surface area contributed by atoms with Crippen LogP contribution in [0.1, 0.15) is 19.8 Å². The summed E-state index contributed by atoms with van der Waals surface area (Å²) >= 11 is 6.72. The largest absolute Gasteiger partial charge is 0.494 e. The number of aromatic amines is 1. The van der Waals surface area contributed by atoms with Crippen LogP contribution in [0.15, 0.2) is 53.4 Å². The van der Waals surface area contributed by atoms with Crippen LogP contribution in [0.3, 0.4) is 0 Å². The molecular formula is C22H24FN5O3S2. The Balaban J connectivity index is 1.44. The van der Waals surface area contributed by atoms with E-state index in [0.717, 1.165) is 16.2 Å². The van der Waals surface area contributed by atoms with Gasteiger partial charge in [0.1, 0.15) is 11.6 Å². The maximum Gasteiger partial charge on any atom is 0.240 e. The summed E-state index contributed by atoms with van der Waals surface area (Å²) in [7, 11) is 0. The van der Waals surface area contributed by atoms with Crippen molar-refractivity contribution < 1.29 is 18.7 Å². The molecule has 33 heavy (non-hydrogen) atoms. The molecule has 3 rings (SSSR count). The van der Waals surface area contributed by atoms with E-state index in [1.807, 2.05) is 31.2 Å². The lowest BCUT2D eigenvalue weighted by molar-refractivity contribution is -0.128. The summed E-state index contributed by atoms with van der Waals surface area (Å²) in [6.07, 6.45) is 0.305. The van der Waals surface area contributed by atoms with Gasteiger partial charge < -0.3 is 4.74 Å². The van der Waals surface area contributed by atoms with Crippen molar-refractivity contribution in [2.45, 2.75) is 31.2 Å². The van der Waals surface area contributed by atoms with Crippen LogP contribution < -0.4 is 15.6 Å². The Morgan fingerprint density at radius 3 is 2.42 bits per heavy atom. The molecule has 8 nitrogen and oxygen atoms in total. The van der Waals surface area contributed by atoms with Gasteiger partial charge in [0.15, 0.2) is 10.6 Å². The number of carbonyl (C=O) groups is 2. The zero-order chi connectivity index (χ0) is 23.6. The third kappa shape index (κ3) is 7.43. The van der Waals surface area contributed by atoms with E-state index in [0.29, 0.717) is 29.5 Å². The SMILES string of the molecule is CCOc1ccc(-c2n[nH]c(=S)n2CCC(=O)NNC(=O)CCSc2ccc(F)cc2)cc1. The van der Waals surface area contributed by atoms with Crippen molar-refractivity contribution in [3.8, 4) is 17.1 Å². The molecule has 0 saturated heterocycles. The van der Waals surface area contributed by atoms with E-state index in [-0.39, 0.29) is 30.5 Å². The standard InChI is InChI=1S/C22H24FN5O3S2/c1-2-31-17-7-3-15(4-8-17)21-26-27-22(32)28(21)13-11-19(29)24-25-20(30)12-14-33-18-9-5-16(23)6-10-18/h3-10H,2,11-14H2,1H3,(H,24,29)(H,25,30)(H,27,32). The molecule has 11 heteroatoms. The molecule has 0 radical (unpaired) electrons. The summed E-state index contributed by atoms with van der Waals surface area (Å²) in [5.74, 6) is 0.903. The van der Waals surface area contributed by atoms with Gasteiger partial charge in [-0.2, -0.15) is 5.10 Å². The van der Waals surface area contributed by atoms with Crippen LogP contribution in [0.2, 0.25) is 0 Å². The van der Waals surface area contributed by atoms with Crippen LogP contribution in [0.4, 0.5) is 4.39 Å². The smallest absolute Gasteiger partial charge is 0.240 e. The number of aromatic nitrogens is 3. The number of rotatable bonds is 10. The molecule has 0 aliphatic heterocycles. The van der Waals surface area contributed by atoms with Crippen molar-refractivity contribution in [2.24, 2.45) is 0 Å². The van der Waals surface area contributed by atoms with Crippen molar-refractivity contribution >= 4 is 35.8 Å². The van der Waals surface area contributed by atoms with Crippen LogP contribution >= 0.6 is 24.0 Å². The molecule has 3 N–H and O–H groups in total. The number of halogens is 1. The molecule has 3 aromatic rings. The summed E-state index contributed by atoms with van der Waals surface area (Å²) in [4.78, 5) is 25.0. The minimum Gasteiger partial charge on any atom is -0.494 e. The second-order valence-corrected chi connectivity index (χ2v) is 8.42. The van der Waals surface area contributed by atoms with Crippen LogP contribution in [-0.4, -0.2) is 38.9 Å². The van der Waals surface area contributed by atoms with Gasteiger partial charge in [0, 0.05) is 35.6 Å². The molecule has 0 aliphatic carbocycles. The summed E-state index contributed by atoms with van der Waals surface area (Å²) in [6, 6.07) is 13.5. The van der Waals surface area contributed by atoms with Gasteiger partial charge in [0.25, 0.3) is 0 Å². The normalized spacial score (nSPS) is 10.6. The van der Waals surface area contributed by atoms with Crippen LogP contribution in [-0.2, 0) is 16.1 Å². The molecule has 0 fully saturated rings. The molecule has 0 aliphatic rings. The lowest BCUT2D eigenvalue weighted by atomic mass is 10.2. The molecular weight excluding hydrogens is 465 g/mol. The lowest BCUT2D eigenvalue weighted by Gasteiger charge is -2.10. The predicted octanol–water partition coefficient (Wildman–Crippen LogP) is 3.87. The molecule has 0 bridgehead atoms. The summed E-state index contributed by atoms with van der Waals surface area (Å²) in [5.41, 5.74) is 5.64. The Bertz CT molecular complexity index is 1130. The quantitative estimate of drug-likeness (QED) is 0.227. The fourth-order valence-corrected chi connectivity index (χ4v) is 3.96. The molecule has 0 unspecified atom stereocenters. The number of H-pyrrole nitrogens is 1. The van der Waals surface area contributed by atoms with E-state index in [4.69, 9.17) is 17.0 Å². The highest BCUT2D eigenvalue weighted by molar-refractivity contribution is 7.99. The monoisotopic (exact) mass is 489 g/mol. The van der Waals surface area contributed by atoms with Crippen molar-refractivity contribution in [3.05, 3.63) is 59.1 Å². The number of amides is 2. The fraction of sp³-hybridized carbons (Fsp3) is 0.273. The first kappa shape index (κ1) is 24.5. The Labute approximate surface area is 199 Å². The first-order valence-corrected chi connectivity index (χ1v) is 11.7. The number of carbonyl (C=O) groups excluding carboxylic acids is 2. The van der Waals surface area contributed by atoms with Gasteiger partial charge in [0.05, 0.1) is 6.61 Å². The van der Waals surface area contributed by atoms with E-state index >= 15 is 0 Å². The third-order valence-corrected chi connectivity index (χ3v) is 5.82. The second kappa shape index (κ2) is 12.2. The predicted molar refractivity (Wildman–Crippen MR) is 127 cm³/mol. The topological polar surface area (TPSA) is 101 Å². The Hall–Kier alpha value is -3.18. The van der Waals surface area contributed by atoms with E-state index < -0.39 is 0 Å². The van der Waals surface area contributed by atoms with E-state index in [1.165, 1.54) is 23.9 Å². The first-order chi connectivity index (χ1) is 16.0. The number of nitrogens with zero attached hydrogens (tertiary/aromatic N) is 2. The van der Waals surface area contributed by atoms with Crippen molar-refractivity contribution in [2.75, 3.05) is 12.4 Å². The molecule has 1 heterocycles. The minimum atomic E-state index is -0.352.